The zero-order chi connectivity index (χ0) is 46.5. The average molecular weight is 895 g/mol. The summed E-state index contributed by atoms with van der Waals surface area (Å²) in [5.74, 6) is -4.69. The van der Waals surface area contributed by atoms with Crippen LogP contribution in [0, 0.1) is 11.6 Å². The number of carbonyl (C=O) groups excluding carboxylic acids is 2. The van der Waals surface area contributed by atoms with Crippen LogP contribution in [-0.4, -0.2) is 90.2 Å². The maximum absolute atomic E-state index is 14.4. The Kier molecular flexibility index (Phi) is 13.0. The van der Waals surface area contributed by atoms with Crippen molar-refractivity contribution in [1.82, 2.24) is 29.5 Å². The third kappa shape index (κ3) is 9.21. The van der Waals surface area contributed by atoms with Crippen molar-refractivity contribution in [2.75, 3.05) is 26.4 Å². The highest BCUT2D eigenvalue weighted by Gasteiger charge is 2.24. The molecule has 0 unspecified atom stereocenters. The van der Waals surface area contributed by atoms with E-state index in [0.717, 1.165) is 43.8 Å². The predicted molar refractivity (Wildman–Crippen MR) is 239 cm³/mol. The molecule has 0 bridgehead atoms. The average Bonchev–Trinajstić information content (AvgIpc) is 3.91. The van der Waals surface area contributed by atoms with Crippen LogP contribution in [0.1, 0.15) is 44.7 Å². The Morgan fingerprint density at radius 3 is 1.29 bits per heavy atom. The number of hydrogen-bond acceptors (Lipinski definition) is 10. The number of carboxylic acid groups (broad SMARTS) is 2. The molecular weight excluding hydrogens is 855 g/mol. The number of nitrogens with two attached hydrogens (primary N) is 2. The number of amides is 2. The maximum atomic E-state index is 14.4. The van der Waals surface area contributed by atoms with E-state index in [1.54, 1.807) is 12.1 Å². The number of aromatic nitrogens is 6. The first-order valence-corrected chi connectivity index (χ1v) is 20.7. The summed E-state index contributed by atoms with van der Waals surface area (Å²) in [5, 5.41) is 29.3. The minimum Gasteiger partial charge on any atom is -0.478 e. The number of carboxylic acids is 2. The van der Waals surface area contributed by atoms with Crippen LogP contribution in [0.2, 0.25) is 0 Å². The van der Waals surface area contributed by atoms with Gasteiger partial charge in [-0.05, 0) is 85.3 Å². The second-order valence-electron chi connectivity index (χ2n) is 15.1. The van der Waals surface area contributed by atoms with Gasteiger partial charge in [0, 0.05) is 35.5 Å². The third-order valence-corrected chi connectivity index (χ3v) is 10.8. The van der Waals surface area contributed by atoms with E-state index in [1.807, 2.05) is 60.7 Å². The van der Waals surface area contributed by atoms with E-state index < -0.39 is 46.8 Å². The Hall–Kier alpha value is -8.22. The number of halogens is 2. The third-order valence-electron chi connectivity index (χ3n) is 10.8. The number of hydrogen-bond donors (Lipinski definition) is 4. The van der Waals surface area contributed by atoms with Gasteiger partial charge in [0.2, 0.25) is 0 Å². The Balaban J connectivity index is 0.955. The quantitative estimate of drug-likeness (QED) is 0.0637. The van der Waals surface area contributed by atoms with Gasteiger partial charge in [-0.3, -0.25) is 0 Å². The molecule has 8 aromatic rings. The van der Waals surface area contributed by atoms with Gasteiger partial charge in [-0.25, -0.2) is 37.9 Å². The van der Waals surface area contributed by atoms with Gasteiger partial charge >= 0.3 is 24.0 Å². The van der Waals surface area contributed by atoms with Gasteiger partial charge in [0.1, 0.15) is 23.0 Å². The molecule has 0 saturated heterocycles. The van der Waals surface area contributed by atoms with Crippen LogP contribution >= 0.6 is 0 Å². The maximum Gasteiger partial charge on any atom is 0.341 e. The zero-order valence-electron chi connectivity index (χ0n) is 35.0. The Bertz CT molecular complexity index is 2950. The van der Waals surface area contributed by atoms with E-state index >= 15 is 0 Å². The molecule has 0 aliphatic rings. The highest BCUT2D eigenvalue weighted by atomic mass is 19.1. The molecular formula is C48H40F2N8O8. The van der Waals surface area contributed by atoms with E-state index in [1.165, 1.54) is 24.3 Å². The summed E-state index contributed by atoms with van der Waals surface area (Å²) in [5.41, 5.74) is 15.8. The number of aryl methyl sites for hydroxylation is 2. The van der Waals surface area contributed by atoms with Gasteiger partial charge in [0.25, 0.3) is 0 Å². The van der Waals surface area contributed by atoms with E-state index in [0.29, 0.717) is 83.6 Å². The summed E-state index contributed by atoms with van der Waals surface area (Å²) in [7, 11) is 0. The zero-order valence-corrected chi connectivity index (χ0v) is 35.0. The van der Waals surface area contributed by atoms with Gasteiger partial charge < -0.3 is 31.2 Å². The standard InChI is InChI=1S/C48H40F2N8O8/c49-35-17-15-29(23-33(35)45(59)60)37-25-31(39-41(27-9-3-1-4-10-27)55-57(47(51)63)43(39)53-37)13-7-19-65-21-22-66-20-8-14-32-26-38(30-16-18-36(50)34(24-30)46(61)62)54-44-40(32)42(56-58(44)48(52)64)28-11-5-2-6-12-28/h1-6,9-12,15-18,23-26H,7-8,13-14,19-22H2,(H2,51,63)(H2,52,64)(H,59,60)(H,61,62). The Labute approximate surface area is 374 Å². The van der Waals surface area contributed by atoms with Crippen molar-refractivity contribution in [1.29, 1.82) is 0 Å². The molecule has 6 N–H and O–H groups in total. The van der Waals surface area contributed by atoms with E-state index in [4.69, 9.17) is 20.9 Å². The molecule has 18 heteroatoms. The number of aromatic carboxylic acids is 2. The summed E-state index contributed by atoms with van der Waals surface area (Å²) in [4.78, 5) is 58.1. The van der Waals surface area contributed by atoms with E-state index in [-0.39, 0.29) is 24.5 Å². The monoisotopic (exact) mass is 894 g/mol. The second kappa shape index (κ2) is 19.3. The highest BCUT2D eigenvalue weighted by molar-refractivity contribution is 6.01. The van der Waals surface area contributed by atoms with Gasteiger partial charge in [0.15, 0.2) is 11.3 Å². The molecule has 16 nitrogen and oxygen atoms in total. The number of fused-ring (bicyclic) bond motifs is 2. The summed E-state index contributed by atoms with van der Waals surface area (Å²) >= 11 is 0. The van der Waals surface area contributed by atoms with Gasteiger partial charge in [-0.2, -0.15) is 19.6 Å². The first-order chi connectivity index (χ1) is 31.9. The van der Waals surface area contributed by atoms with Crippen molar-refractivity contribution in [2.24, 2.45) is 11.5 Å². The number of rotatable bonds is 17. The number of carbonyl (C=O) groups is 4. The number of primary amides is 2. The molecule has 8 rings (SSSR count). The van der Waals surface area contributed by atoms with Crippen LogP contribution < -0.4 is 11.5 Å². The van der Waals surface area contributed by atoms with Crippen molar-refractivity contribution in [2.45, 2.75) is 25.7 Å². The molecule has 4 aromatic heterocycles. The molecule has 0 radical (unpaired) electrons. The normalized spacial score (nSPS) is 11.4. The molecule has 0 fully saturated rings. The summed E-state index contributed by atoms with van der Waals surface area (Å²) in [6, 6.07) is 27.5. The van der Waals surface area contributed by atoms with Crippen LogP contribution in [0.5, 0.6) is 0 Å². The van der Waals surface area contributed by atoms with Crippen LogP contribution in [0.4, 0.5) is 18.4 Å². The summed E-state index contributed by atoms with van der Waals surface area (Å²) in [6.07, 6.45) is 1.89. The Morgan fingerprint density at radius 1 is 0.530 bits per heavy atom. The summed E-state index contributed by atoms with van der Waals surface area (Å²) in [6.45, 7) is 1.18. The van der Waals surface area contributed by atoms with Crippen molar-refractivity contribution >= 4 is 46.1 Å². The first kappa shape index (κ1) is 44.4. The lowest BCUT2D eigenvalue weighted by atomic mass is 9.99. The van der Waals surface area contributed by atoms with Crippen LogP contribution in [0.15, 0.2) is 109 Å². The van der Waals surface area contributed by atoms with Crippen LogP contribution in [0.25, 0.3) is 67.1 Å². The van der Waals surface area contributed by atoms with Crippen molar-refractivity contribution < 1.29 is 47.6 Å². The number of pyridine rings is 2. The summed E-state index contributed by atoms with van der Waals surface area (Å²) < 4.78 is 42.6. The van der Waals surface area contributed by atoms with Crippen molar-refractivity contribution in [3.8, 4) is 45.0 Å². The molecule has 4 aromatic carbocycles. The highest BCUT2D eigenvalue weighted by Crippen LogP contribution is 2.36. The molecule has 0 atom stereocenters. The van der Waals surface area contributed by atoms with Gasteiger partial charge in [-0.15, -0.1) is 0 Å². The van der Waals surface area contributed by atoms with Gasteiger partial charge in [0.05, 0.1) is 46.5 Å². The molecule has 334 valence electrons. The minimum absolute atomic E-state index is 0.161. The fourth-order valence-electron chi connectivity index (χ4n) is 7.73. The lowest BCUT2D eigenvalue weighted by Gasteiger charge is -2.11. The van der Waals surface area contributed by atoms with Crippen molar-refractivity contribution in [3.05, 3.63) is 143 Å². The molecule has 66 heavy (non-hydrogen) atoms. The Morgan fingerprint density at radius 2 is 0.924 bits per heavy atom. The van der Waals surface area contributed by atoms with E-state index in [2.05, 4.69) is 20.2 Å². The topological polar surface area (TPSA) is 241 Å². The fourth-order valence-corrected chi connectivity index (χ4v) is 7.73. The van der Waals surface area contributed by atoms with Crippen molar-refractivity contribution in [3.63, 3.8) is 0 Å². The smallest absolute Gasteiger partial charge is 0.341 e. The van der Waals surface area contributed by atoms with Gasteiger partial charge in [-0.1, -0.05) is 60.7 Å². The first-order valence-electron chi connectivity index (χ1n) is 20.7. The fraction of sp³-hybridized carbons (Fsp3) is 0.167. The van der Waals surface area contributed by atoms with E-state index in [9.17, 15) is 38.2 Å². The molecule has 2 amide bonds. The predicted octanol–water partition coefficient (Wildman–Crippen LogP) is 7.97. The molecule has 4 heterocycles. The number of ether oxygens (including phenoxy) is 2. The van der Waals surface area contributed by atoms with Crippen LogP contribution in [-0.2, 0) is 22.3 Å². The second-order valence-corrected chi connectivity index (χ2v) is 15.1. The number of benzene rings is 4. The lowest BCUT2D eigenvalue weighted by molar-refractivity contribution is 0.0462. The minimum atomic E-state index is -1.44. The molecule has 0 aliphatic heterocycles. The lowest BCUT2D eigenvalue weighted by Crippen LogP contribution is -2.21. The molecule has 0 saturated carbocycles. The number of nitrogens with zero attached hydrogens (tertiary/aromatic N) is 6. The largest absolute Gasteiger partial charge is 0.478 e. The van der Waals surface area contributed by atoms with Crippen LogP contribution in [0.3, 0.4) is 0 Å². The SMILES string of the molecule is NC(=O)n1nc(-c2ccccc2)c2c(CCCOCCOCCCc3cc(-c4ccc(F)c(C(=O)O)c4)nc4c3c(-c3ccccc3)nn4C(N)=O)cc(-c3ccc(F)c(C(=O)O)c3)nc21. The molecule has 0 aliphatic carbocycles. The molecule has 0 spiro atoms.